The molecule has 2 aliphatic heterocycles. The van der Waals surface area contributed by atoms with Crippen molar-refractivity contribution < 1.29 is 9.47 Å². The van der Waals surface area contributed by atoms with Crippen LogP contribution in [0.25, 0.3) is 0 Å². The Kier molecular flexibility index (Phi) is 5.77. The standard InChI is InChI=1S/C27H31N3O2/c1-4-32-21-13-14-24-22(15-21)27-23(26(28-29-27)19-11-9-18(2)10-12-19)17-30(24)16-20-7-5-6-8-25(20)31-3/h5-15,23,26-29H,4,16-17H2,1-3H3. The van der Waals surface area contributed by atoms with Crippen molar-refractivity contribution in [3.8, 4) is 11.5 Å². The van der Waals surface area contributed by atoms with E-state index in [-0.39, 0.29) is 12.1 Å². The number of benzene rings is 3. The molecule has 0 saturated carbocycles. The van der Waals surface area contributed by atoms with Crippen LogP contribution in [0.2, 0.25) is 0 Å². The summed E-state index contributed by atoms with van der Waals surface area (Å²) < 4.78 is 11.5. The Bertz CT molecular complexity index is 1080. The number of aryl methyl sites for hydroxylation is 1. The smallest absolute Gasteiger partial charge is 0.123 e. The van der Waals surface area contributed by atoms with Crippen LogP contribution >= 0.6 is 0 Å². The van der Waals surface area contributed by atoms with Crippen LogP contribution in [0.5, 0.6) is 11.5 Å². The lowest BCUT2D eigenvalue weighted by atomic mass is 9.81. The van der Waals surface area contributed by atoms with E-state index in [1.807, 2.05) is 19.1 Å². The molecule has 0 radical (unpaired) electrons. The van der Waals surface area contributed by atoms with E-state index in [2.05, 4.69) is 77.3 Å². The number of nitrogens with one attached hydrogen (secondary N) is 2. The molecule has 166 valence electrons. The molecule has 5 nitrogen and oxygen atoms in total. The molecule has 0 aliphatic carbocycles. The second-order valence-corrected chi connectivity index (χ2v) is 8.66. The summed E-state index contributed by atoms with van der Waals surface area (Å²) in [5.74, 6) is 2.24. The van der Waals surface area contributed by atoms with Crippen LogP contribution in [0, 0.1) is 12.8 Å². The van der Waals surface area contributed by atoms with Crippen molar-refractivity contribution in [2.75, 3.05) is 25.2 Å². The third kappa shape index (κ3) is 3.83. The Morgan fingerprint density at radius 1 is 0.969 bits per heavy atom. The maximum atomic E-state index is 5.85. The predicted molar refractivity (Wildman–Crippen MR) is 128 cm³/mol. The number of hydrogen-bond donors (Lipinski definition) is 2. The van der Waals surface area contributed by atoms with Gasteiger partial charge in [-0.2, -0.15) is 0 Å². The van der Waals surface area contributed by atoms with Crippen LogP contribution in [0.4, 0.5) is 5.69 Å². The summed E-state index contributed by atoms with van der Waals surface area (Å²) >= 11 is 0. The van der Waals surface area contributed by atoms with Gasteiger partial charge in [0.25, 0.3) is 0 Å². The first kappa shape index (κ1) is 20.9. The first-order valence-electron chi connectivity index (χ1n) is 11.4. The molecule has 0 amide bonds. The van der Waals surface area contributed by atoms with Gasteiger partial charge in [-0.3, -0.25) is 0 Å². The molecule has 5 rings (SSSR count). The van der Waals surface area contributed by atoms with Crippen LogP contribution in [-0.4, -0.2) is 20.3 Å². The van der Waals surface area contributed by atoms with Crippen molar-refractivity contribution in [3.05, 3.63) is 89.0 Å². The van der Waals surface area contributed by atoms with E-state index in [9.17, 15) is 0 Å². The maximum Gasteiger partial charge on any atom is 0.123 e. The maximum absolute atomic E-state index is 5.85. The van der Waals surface area contributed by atoms with E-state index >= 15 is 0 Å². The highest BCUT2D eigenvalue weighted by atomic mass is 16.5. The minimum Gasteiger partial charge on any atom is -0.496 e. The normalized spacial score (nSPS) is 21.7. The van der Waals surface area contributed by atoms with Crippen molar-refractivity contribution in [1.82, 2.24) is 10.9 Å². The fourth-order valence-corrected chi connectivity index (χ4v) is 5.08. The van der Waals surface area contributed by atoms with Crippen molar-refractivity contribution >= 4 is 5.69 Å². The molecule has 3 unspecified atom stereocenters. The summed E-state index contributed by atoms with van der Waals surface area (Å²) in [6, 6.07) is 24.1. The Labute approximate surface area is 190 Å². The van der Waals surface area contributed by atoms with Gasteiger partial charge >= 0.3 is 0 Å². The monoisotopic (exact) mass is 429 g/mol. The van der Waals surface area contributed by atoms with E-state index in [0.717, 1.165) is 24.6 Å². The van der Waals surface area contributed by atoms with Gasteiger partial charge in [0.2, 0.25) is 0 Å². The largest absolute Gasteiger partial charge is 0.496 e. The van der Waals surface area contributed by atoms with Crippen molar-refractivity contribution in [2.45, 2.75) is 32.5 Å². The van der Waals surface area contributed by atoms with Crippen molar-refractivity contribution in [3.63, 3.8) is 0 Å². The lowest BCUT2D eigenvalue weighted by Gasteiger charge is -2.39. The summed E-state index contributed by atoms with van der Waals surface area (Å²) in [6.45, 7) is 6.57. The van der Waals surface area contributed by atoms with Crippen LogP contribution in [0.15, 0.2) is 66.7 Å². The molecule has 3 atom stereocenters. The van der Waals surface area contributed by atoms with Crippen molar-refractivity contribution in [2.24, 2.45) is 5.92 Å². The fraction of sp³-hybridized carbons (Fsp3) is 0.333. The van der Waals surface area contributed by atoms with Crippen LogP contribution in [-0.2, 0) is 6.54 Å². The van der Waals surface area contributed by atoms with Gasteiger partial charge in [0.15, 0.2) is 0 Å². The van der Waals surface area contributed by atoms with E-state index in [0.29, 0.717) is 12.5 Å². The zero-order chi connectivity index (χ0) is 22.1. The zero-order valence-electron chi connectivity index (χ0n) is 19.0. The minimum atomic E-state index is 0.227. The Balaban J connectivity index is 1.53. The quantitative estimate of drug-likeness (QED) is 0.582. The number of anilines is 1. The van der Waals surface area contributed by atoms with Gasteiger partial charge in [-0.1, -0.05) is 48.0 Å². The van der Waals surface area contributed by atoms with Gasteiger partial charge in [-0.05, 0) is 49.2 Å². The molecule has 2 heterocycles. The molecule has 2 aliphatic rings. The highest BCUT2D eigenvalue weighted by molar-refractivity contribution is 5.61. The molecule has 3 aromatic carbocycles. The molecule has 3 aromatic rings. The number of fused-ring (bicyclic) bond motifs is 3. The number of rotatable bonds is 6. The molecule has 0 aromatic heterocycles. The van der Waals surface area contributed by atoms with Crippen LogP contribution < -0.4 is 25.2 Å². The molecule has 32 heavy (non-hydrogen) atoms. The average molecular weight is 430 g/mol. The highest BCUT2D eigenvalue weighted by Gasteiger charge is 2.43. The first-order chi connectivity index (χ1) is 15.7. The van der Waals surface area contributed by atoms with Crippen LogP contribution in [0.1, 0.15) is 41.3 Å². The van der Waals surface area contributed by atoms with E-state index in [1.54, 1.807) is 7.11 Å². The third-order valence-corrected chi connectivity index (χ3v) is 6.66. The van der Waals surface area contributed by atoms with Crippen LogP contribution in [0.3, 0.4) is 0 Å². The number of hydrazine groups is 1. The SMILES string of the molecule is CCOc1ccc2c(c1)C1NNC(c3ccc(C)cc3)C1CN2Cc1ccccc1OC. The summed E-state index contributed by atoms with van der Waals surface area (Å²) in [4.78, 5) is 2.49. The molecule has 1 fully saturated rings. The van der Waals surface area contributed by atoms with Crippen molar-refractivity contribution in [1.29, 1.82) is 0 Å². The summed E-state index contributed by atoms with van der Waals surface area (Å²) in [5, 5.41) is 0. The minimum absolute atomic E-state index is 0.227. The zero-order valence-corrected chi connectivity index (χ0v) is 19.0. The highest BCUT2D eigenvalue weighted by Crippen LogP contribution is 2.46. The second kappa shape index (κ2) is 8.85. The van der Waals surface area contributed by atoms with E-state index in [1.165, 1.54) is 27.9 Å². The molecular formula is C27H31N3O2. The lowest BCUT2D eigenvalue weighted by molar-refractivity contribution is 0.337. The predicted octanol–water partition coefficient (Wildman–Crippen LogP) is 4.93. The van der Waals surface area contributed by atoms with Gasteiger partial charge in [-0.25, -0.2) is 10.9 Å². The fourth-order valence-electron chi connectivity index (χ4n) is 5.08. The second-order valence-electron chi connectivity index (χ2n) is 8.66. The average Bonchev–Trinajstić information content (AvgIpc) is 3.24. The number of hydrogen-bond acceptors (Lipinski definition) is 5. The summed E-state index contributed by atoms with van der Waals surface area (Å²) in [5.41, 5.74) is 13.5. The van der Waals surface area contributed by atoms with Gasteiger partial charge < -0.3 is 14.4 Å². The first-order valence-corrected chi connectivity index (χ1v) is 11.4. The molecule has 2 N–H and O–H groups in total. The number of para-hydroxylation sites is 1. The third-order valence-electron chi connectivity index (χ3n) is 6.66. The van der Waals surface area contributed by atoms with Gasteiger partial charge in [0, 0.05) is 30.3 Å². The van der Waals surface area contributed by atoms with Gasteiger partial charge in [0.1, 0.15) is 11.5 Å². The molecule has 5 heteroatoms. The Morgan fingerprint density at radius 3 is 2.53 bits per heavy atom. The summed E-state index contributed by atoms with van der Waals surface area (Å²) in [6.07, 6.45) is 0. The molecular weight excluding hydrogens is 398 g/mol. The van der Waals surface area contributed by atoms with Gasteiger partial charge in [-0.15, -0.1) is 0 Å². The van der Waals surface area contributed by atoms with E-state index in [4.69, 9.17) is 9.47 Å². The Hall–Kier alpha value is -3.02. The molecule has 0 spiro atoms. The molecule has 0 bridgehead atoms. The number of nitrogens with zero attached hydrogens (tertiary/aromatic N) is 1. The van der Waals surface area contributed by atoms with E-state index < -0.39 is 0 Å². The Morgan fingerprint density at radius 2 is 1.75 bits per heavy atom. The van der Waals surface area contributed by atoms with Gasteiger partial charge in [0.05, 0.1) is 25.8 Å². The number of ether oxygens (including phenoxy) is 2. The number of methoxy groups -OCH3 is 1. The lowest BCUT2D eigenvalue weighted by Crippen LogP contribution is -2.39. The topological polar surface area (TPSA) is 45.8 Å². The summed E-state index contributed by atoms with van der Waals surface area (Å²) in [7, 11) is 1.74. The molecule has 1 saturated heterocycles.